The van der Waals surface area contributed by atoms with Crippen LogP contribution in [-0.4, -0.2) is 28.4 Å². The lowest BCUT2D eigenvalue weighted by atomic mass is 10.0. The Morgan fingerprint density at radius 1 is 1.62 bits per heavy atom. The number of thiophene rings is 1. The molecule has 4 nitrogen and oxygen atoms in total. The second kappa shape index (κ2) is 4.25. The van der Waals surface area contributed by atoms with Gasteiger partial charge in [-0.3, -0.25) is 9.59 Å². The lowest BCUT2D eigenvalue weighted by Crippen LogP contribution is -2.39. The number of amides is 1. The maximum atomic E-state index is 11.7. The summed E-state index contributed by atoms with van der Waals surface area (Å²) in [6.07, 6.45) is 0.423. The fourth-order valence-electron chi connectivity index (χ4n) is 2.08. The van der Waals surface area contributed by atoms with Gasteiger partial charge in [0, 0.05) is 11.4 Å². The van der Waals surface area contributed by atoms with E-state index in [1.165, 1.54) is 4.88 Å². The molecule has 5 heteroatoms. The van der Waals surface area contributed by atoms with Crippen LogP contribution >= 0.6 is 11.3 Å². The monoisotopic (exact) mass is 239 g/mol. The van der Waals surface area contributed by atoms with E-state index in [-0.39, 0.29) is 11.9 Å². The van der Waals surface area contributed by atoms with Crippen LogP contribution in [0.5, 0.6) is 0 Å². The molecule has 0 aromatic carbocycles. The van der Waals surface area contributed by atoms with Crippen molar-refractivity contribution in [2.24, 2.45) is 0 Å². The number of hydrogen-bond donors (Lipinski definition) is 1. The number of hydrogen-bond acceptors (Lipinski definition) is 3. The predicted molar refractivity (Wildman–Crippen MR) is 60.4 cm³/mol. The zero-order valence-electron chi connectivity index (χ0n) is 8.97. The first kappa shape index (κ1) is 11.1. The number of carbonyl (C=O) groups is 2. The fraction of sp³-hybridized carbons (Fsp3) is 0.455. The Balaban J connectivity index is 2.15. The number of fused-ring (bicyclic) bond motifs is 1. The molecule has 0 spiro atoms. The van der Waals surface area contributed by atoms with Crippen LogP contribution in [0.1, 0.15) is 29.8 Å². The average molecular weight is 239 g/mol. The topological polar surface area (TPSA) is 57.6 Å². The highest BCUT2D eigenvalue weighted by Crippen LogP contribution is 2.32. The van der Waals surface area contributed by atoms with Gasteiger partial charge in [0.05, 0.1) is 6.04 Å². The molecular weight excluding hydrogens is 226 g/mol. The molecule has 0 radical (unpaired) electrons. The molecule has 1 aromatic heterocycles. The number of nitrogens with zero attached hydrogens (tertiary/aromatic N) is 1. The van der Waals surface area contributed by atoms with E-state index >= 15 is 0 Å². The summed E-state index contributed by atoms with van der Waals surface area (Å²) in [5, 5.41) is 10.6. The van der Waals surface area contributed by atoms with Crippen LogP contribution in [0.2, 0.25) is 0 Å². The van der Waals surface area contributed by atoms with Crippen molar-refractivity contribution >= 4 is 23.2 Å². The van der Waals surface area contributed by atoms with Crippen LogP contribution in [-0.2, 0) is 16.0 Å². The normalized spacial score (nSPS) is 19.3. The smallest absolute Gasteiger partial charge is 0.312 e. The summed E-state index contributed by atoms with van der Waals surface area (Å²) in [6.45, 7) is 2.57. The Morgan fingerprint density at radius 2 is 2.38 bits per heavy atom. The molecule has 0 bridgehead atoms. The van der Waals surface area contributed by atoms with Gasteiger partial charge in [-0.1, -0.05) is 0 Å². The highest BCUT2D eigenvalue weighted by molar-refractivity contribution is 7.10. The lowest BCUT2D eigenvalue weighted by molar-refractivity contribution is -0.145. The van der Waals surface area contributed by atoms with Crippen LogP contribution in [0.3, 0.4) is 0 Å². The molecule has 0 saturated heterocycles. The van der Waals surface area contributed by atoms with Gasteiger partial charge in [0.25, 0.3) is 0 Å². The first-order valence-corrected chi connectivity index (χ1v) is 6.05. The van der Waals surface area contributed by atoms with Gasteiger partial charge in [0.15, 0.2) is 0 Å². The van der Waals surface area contributed by atoms with Gasteiger partial charge >= 0.3 is 5.97 Å². The Labute approximate surface area is 97.5 Å². The largest absolute Gasteiger partial charge is 0.481 e. The fourth-order valence-corrected chi connectivity index (χ4v) is 3.04. The van der Waals surface area contributed by atoms with Crippen molar-refractivity contribution in [1.82, 2.24) is 4.90 Å². The van der Waals surface area contributed by atoms with Crippen molar-refractivity contribution in [2.45, 2.75) is 25.8 Å². The van der Waals surface area contributed by atoms with Crippen molar-refractivity contribution in [1.29, 1.82) is 0 Å². The molecule has 1 aliphatic rings. The van der Waals surface area contributed by atoms with E-state index in [1.54, 1.807) is 16.2 Å². The summed E-state index contributed by atoms with van der Waals surface area (Å²) in [4.78, 5) is 25.2. The van der Waals surface area contributed by atoms with Gasteiger partial charge in [-0.2, -0.15) is 0 Å². The van der Waals surface area contributed by atoms with E-state index < -0.39 is 12.4 Å². The zero-order valence-corrected chi connectivity index (χ0v) is 9.79. The number of carbonyl (C=O) groups excluding carboxylic acids is 1. The number of aliphatic carboxylic acids is 1. The maximum Gasteiger partial charge on any atom is 0.312 e. The van der Waals surface area contributed by atoms with Gasteiger partial charge in [-0.15, -0.1) is 11.3 Å². The highest BCUT2D eigenvalue weighted by atomic mass is 32.1. The van der Waals surface area contributed by atoms with Gasteiger partial charge in [-0.25, -0.2) is 0 Å². The van der Waals surface area contributed by atoms with E-state index in [1.807, 2.05) is 18.4 Å². The van der Waals surface area contributed by atoms with Crippen molar-refractivity contribution < 1.29 is 14.7 Å². The van der Waals surface area contributed by atoms with Crippen molar-refractivity contribution in [3.05, 3.63) is 21.9 Å². The summed E-state index contributed by atoms with van der Waals surface area (Å²) in [5.41, 5.74) is 1.16. The molecule has 1 aliphatic heterocycles. The maximum absolute atomic E-state index is 11.7. The van der Waals surface area contributed by atoms with Crippen LogP contribution in [0.15, 0.2) is 11.4 Å². The Kier molecular flexibility index (Phi) is 2.96. The van der Waals surface area contributed by atoms with Crippen molar-refractivity contribution in [3.8, 4) is 0 Å². The Hall–Kier alpha value is -1.36. The summed E-state index contributed by atoms with van der Waals surface area (Å²) < 4.78 is 0. The number of carboxylic acid groups (broad SMARTS) is 1. The molecule has 0 saturated carbocycles. The molecule has 1 unspecified atom stereocenters. The number of carboxylic acids is 1. The molecule has 1 aromatic rings. The minimum atomic E-state index is -1.06. The summed E-state index contributed by atoms with van der Waals surface area (Å²) >= 11 is 1.70. The van der Waals surface area contributed by atoms with Crippen LogP contribution in [0.25, 0.3) is 0 Å². The van der Waals surface area contributed by atoms with E-state index in [4.69, 9.17) is 5.11 Å². The van der Waals surface area contributed by atoms with E-state index in [0.717, 1.165) is 12.0 Å². The third kappa shape index (κ3) is 1.95. The van der Waals surface area contributed by atoms with Crippen LogP contribution < -0.4 is 0 Å². The summed E-state index contributed by atoms with van der Waals surface area (Å²) in [7, 11) is 0. The summed E-state index contributed by atoms with van der Waals surface area (Å²) in [5.74, 6) is -1.36. The molecule has 1 atom stereocenters. The first-order chi connectivity index (χ1) is 7.59. The summed E-state index contributed by atoms with van der Waals surface area (Å²) in [6, 6.07) is 2.02. The molecule has 1 N–H and O–H groups in total. The van der Waals surface area contributed by atoms with E-state index in [9.17, 15) is 9.59 Å². The SMILES string of the molecule is CC1c2ccsc2CCN1C(=O)CC(=O)O. The third-order valence-corrected chi connectivity index (χ3v) is 3.90. The molecule has 86 valence electrons. The van der Waals surface area contributed by atoms with Crippen molar-refractivity contribution in [2.75, 3.05) is 6.54 Å². The zero-order chi connectivity index (χ0) is 11.7. The molecule has 2 heterocycles. The standard InChI is InChI=1S/C11H13NO3S/c1-7-8-3-5-16-9(8)2-4-12(7)10(13)6-11(14)15/h3,5,7H,2,4,6H2,1H3,(H,14,15). The third-order valence-electron chi connectivity index (χ3n) is 2.90. The second-order valence-corrected chi connectivity index (χ2v) is 4.88. The molecule has 16 heavy (non-hydrogen) atoms. The first-order valence-electron chi connectivity index (χ1n) is 5.17. The highest BCUT2D eigenvalue weighted by Gasteiger charge is 2.28. The molecule has 1 amide bonds. The quantitative estimate of drug-likeness (QED) is 0.799. The van der Waals surface area contributed by atoms with Gasteiger partial charge in [0.2, 0.25) is 5.91 Å². The van der Waals surface area contributed by atoms with E-state index in [0.29, 0.717) is 6.54 Å². The minimum Gasteiger partial charge on any atom is -0.481 e. The number of rotatable bonds is 2. The molecule has 0 aliphatic carbocycles. The molecule has 2 rings (SSSR count). The molecular formula is C11H13NO3S. The van der Waals surface area contributed by atoms with Gasteiger partial charge in [-0.05, 0) is 30.4 Å². The lowest BCUT2D eigenvalue weighted by Gasteiger charge is -2.33. The Bertz CT molecular complexity index is 427. The van der Waals surface area contributed by atoms with Crippen LogP contribution in [0, 0.1) is 0 Å². The Morgan fingerprint density at radius 3 is 3.06 bits per heavy atom. The minimum absolute atomic E-state index is 0.00171. The average Bonchev–Trinajstić information content (AvgIpc) is 2.65. The van der Waals surface area contributed by atoms with E-state index in [2.05, 4.69) is 0 Å². The van der Waals surface area contributed by atoms with Gasteiger partial charge in [0.1, 0.15) is 6.42 Å². The second-order valence-electron chi connectivity index (χ2n) is 3.88. The van der Waals surface area contributed by atoms with Crippen LogP contribution in [0.4, 0.5) is 0 Å². The van der Waals surface area contributed by atoms with Gasteiger partial charge < -0.3 is 10.0 Å². The predicted octanol–water partition coefficient (Wildman–Crippen LogP) is 1.67. The molecule has 0 fully saturated rings. The van der Waals surface area contributed by atoms with Crippen molar-refractivity contribution in [3.63, 3.8) is 0 Å².